The van der Waals surface area contributed by atoms with Gasteiger partial charge in [0.2, 0.25) is 0 Å². The molecule has 4 atom stereocenters. The predicted octanol–water partition coefficient (Wildman–Crippen LogP) is 0.830. The number of aromatic amines is 1. The van der Waals surface area contributed by atoms with Gasteiger partial charge in [-0.2, -0.15) is 0 Å². The largest absolute Gasteiger partial charge is 0.393 e. The van der Waals surface area contributed by atoms with Crippen LogP contribution in [-0.4, -0.2) is 32.9 Å². The summed E-state index contributed by atoms with van der Waals surface area (Å²) >= 11 is 0. The summed E-state index contributed by atoms with van der Waals surface area (Å²) in [6, 6.07) is -0.667. The van der Waals surface area contributed by atoms with Crippen LogP contribution in [0.4, 0.5) is 0 Å². The molecule has 1 aromatic rings. The number of aryl methyl sites for hydroxylation is 1. The fraction of sp³-hybridized carbons (Fsp3) is 0.692. The van der Waals surface area contributed by atoms with Crippen LogP contribution in [-0.2, 0) is 4.74 Å². The lowest BCUT2D eigenvalue weighted by molar-refractivity contribution is -0.113. The van der Waals surface area contributed by atoms with Crippen molar-refractivity contribution in [1.82, 2.24) is 9.55 Å². The summed E-state index contributed by atoms with van der Waals surface area (Å²) in [6.45, 7) is 4.97. The lowest BCUT2D eigenvalue weighted by Crippen LogP contribution is -2.39. The van der Waals surface area contributed by atoms with Gasteiger partial charge in [0, 0.05) is 22.6 Å². The van der Waals surface area contributed by atoms with Crippen LogP contribution in [0.15, 0.2) is 20.9 Å². The number of nitrogens with one attached hydrogen (secondary N) is 1. The van der Waals surface area contributed by atoms with E-state index in [2.05, 4.69) is 15.0 Å². The monoisotopic (exact) mass is 309 g/mol. The number of azide groups is 1. The normalized spacial score (nSPS) is 31.0. The lowest BCUT2D eigenvalue weighted by atomic mass is 9.84. The summed E-state index contributed by atoms with van der Waals surface area (Å²) in [6.07, 6.45) is 0.998. The van der Waals surface area contributed by atoms with Gasteiger partial charge in [0.15, 0.2) is 0 Å². The molecule has 2 N–H and O–H groups in total. The van der Waals surface area contributed by atoms with Gasteiger partial charge in [0.05, 0.1) is 18.2 Å². The van der Waals surface area contributed by atoms with Gasteiger partial charge < -0.3 is 9.84 Å². The van der Waals surface area contributed by atoms with Crippen LogP contribution in [0.2, 0.25) is 0 Å². The third-order valence-electron chi connectivity index (χ3n) is 4.46. The van der Waals surface area contributed by atoms with E-state index in [1.165, 1.54) is 10.8 Å². The maximum Gasteiger partial charge on any atom is 0.330 e. The van der Waals surface area contributed by atoms with Crippen molar-refractivity contribution in [3.63, 3.8) is 0 Å². The van der Waals surface area contributed by atoms with Crippen molar-refractivity contribution in [1.29, 1.82) is 0 Å². The SMILES string of the molecule is CC[C@@]1(CO)O[C@@H](n2cc(C)c(=O)[nH]c2=O)[C@@H](N=[N+]=[N-])C1C. The minimum absolute atomic E-state index is 0.254. The number of aliphatic hydroxyl groups is 1. The Bertz CT molecular complexity index is 714. The van der Waals surface area contributed by atoms with Crippen molar-refractivity contribution in [3.05, 3.63) is 43.0 Å². The summed E-state index contributed by atoms with van der Waals surface area (Å²) in [5.74, 6) is -0.289. The molecule has 0 amide bonds. The van der Waals surface area contributed by atoms with E-state index in [1.807, 2.05) is 13.8 Å². The minimum atomic E-state index is -0.896. The highest BCUT2D eigenvalue weighted by atomic mass is 16.5. The smallest absolute Gasteiger partial charge is 0.330 e. The summed E-state index contributed by atoms with van der Waals surface area (Å²) in [5, 5.41) is 13.4. The van der Waals surface area contributed by atoms with E-state index in [9.17, 15) is 14.7 Å². The summed E-state index contributed by atoms with van der Waals surface area (Å²) < 4.78 is 7.12. The van der Waals surface area contributed by atoms with E-state index < -0.39 is 29.1 Å². The van der Waals surface area contributed by atoms with Crippen LogP contribution in [0.1, 0.15) is 32.1 Å². The Morgan fingerprint density at radius 3 is 2.82 bits per heavy atom. The lowest BCUT2D eigenvalue weighted by Gasteiger charge is -2.29. The van der Waals surface area contributed by atoms with E-state index >= 15 is 0 Å². The first-order valence-electron chi connectivity index (χ1n) is 7.05. The van der Waals surface area contributed by atoms with Crippen LogP contribution < -0.4 is 11.2 Å². The van der Waals surface area contributed by atoms with Crippen molar-refractivity contribution in [2.75, 3.05) is 6.61 Å². The molecule has 0 bridgehead atoms. The molecule has 1 saturated heterocycles. The summed E-state index contributed by atoms with van der Waals surface area (Å²) in [7, 11) is 0. The molecule has 9 nitrogen and oxygen atoms in total. The number of aromatic nitrogens is 2. The molecule has 22 heavy (non-hydrogen) atoms. The number of H-pyrrole nitrogens is 1. The Balaban J connectivity index is 2.58. The highest BCUT2D eigenvalue weighted by Crippen LogP contribution is 2.44. The van der Waals surface area contributed by atoms with E-state index in [-0.39, 0.29) is 12.5 Å². The quantitative estimate of drug-likeness (QED) is 0.484. The topological polar surface area (TPSA) is 133 Å². The van der Waals surface area contributed by atoms with Crippen LogP contribution in [0.3, 0.4) is 0 Å². The number of nitrogens with zero attached hydrogens (tertiary/aromatic N) is 4. The fourth-order valence-corrected chi connectivity index (χ4v) is 2.89. The third kappa shape index (κ3) is 2.43. The van der Waals surface area contributed by atoms with Gasteiger partial charge in [-0.3, -0.25) is 14.3 Å². The summed E-state index contributed by atoms with van der Waals surface area (Å²) in [5.41, 5.74) is 7.12. The number of hydrogen-bond acceptors (Lipinski definition) is 5. The second-order valence-corrected chi connectivity index (χ2v) is 5.55. The zero-order chi connectivity index (χ0) is 16.5. The highest BCUT2D eigenvalue weighted by Gasteiger charge is 2.52. The molecule has 0 aromatic carbocycles. The Morgan fingerprint density at radius 2 is 2.27 bits per heavy atom. The van der Waals surface area contributed by atoms with Crippen molar-refractivity contribution in [2.24, 2.45) is 11.0 Å². The average molecular weight is 309 g/mol. The van der Waals surface area contributed by atoms with Crippen LogP contribution in [0, 0.1) is 12.8 Å². The number of ether oxygens (including phenoxy) is 1. The number of hydrogen-bond donors (Lipinski definition) is 2. The second kappa shape index (κ2) is 5.96. The van der Waals surface area contributed by atoms with E-state index in [0.29, 0.717) is 12.0 Å². The number of rotatable bonds is 4. The first kappa shape index (κ1) is 16.3. The molecule has 0 saturated carbocycles. The zero-order valence-electron chi connectivity index (χ0n) is 12.7. The molecule has 0 spiro atoms. The molecule has 1 unspecified atom stereocenters. The fourth-order valence-electron chi connectivity index (χ4n) is 2.89. The van der Waals surface area contributed by atoms with Crippen LogP contribution in [0.25, 0.3) is 10.4 Å². The van der Waals surface area contributed by atoms with Crippen LogP contribution >= 0.6 is 0 Å². The molecule has 0 radical (unpaired) electrons. The van der Waals surface area contributed by atoms with E-state index in [4.69, 9.17) is 10.3 Å². The minimum Gasteiger partial charge on any atom is -0.393 e. The zero-order valence-corrected chi connectivity index (χ0v) is 12.7. The molecule has 0 aliphatic carbocycles. The first-order chi connectivity index (χ1) is 10.4. The molecule has 9 heteroatoms. The first-order valence-corrected chi connectivity index (χ1v) is 7.05. The molecule has 2 heterocycles. The van der Waals surface area contributed by atoms with E-state index in [1.54, 1.807) is 6.92 Å². The third-order valence-corrected chi connectivity index (χ3v) is 4.46. The van der Waals surface area contributed by atoms with Crippen LogP contribution in [0.5, 0.6) is 0 Å². The molecule has 1 aliphatic rings. The van der Waals surface area contributed by atoms with Crippen molar-refractivity contribution >= 4 is 0 Å². The molecular formula is C13H19N5O4. The Morgan fingerprint density at radius 1 is 1.59 bits per heavy atom. The van der Waals surface area contributed by atoms with Crippen molar-refractivity contribution in [3.8, 4) is 0 Å². The van der Waals surface area contributed by atoms with Gasteiger partial charge in [0.1, 0.15) is 6.23 Å². The van der Waals surface area contributed by atoms with E-state index in [0.717, 1.165) is 0 Å². The Hall–Kier alpha value is -2.09. The molecule has 120 valence electrons. The maximum atomic E-state index is 12.1. The molecular weight excluding hydrogens is 290 g/mol. The second-order valence-electron chi connectivity index (χ2n) is 5.55. The molecule has 2 rings (SSSR count). The van der Waals surface area contributed by atoms with Crippen molar-refractivity contribution < 1.29 is 9.84 Å². The van der Waals surface area contributed by atoms with Gasteiger partial charge in [-0.1, -0.05) is 19.0 Å². The average Bonchev–Trinajstić information content (AvgIpc) is 2.77. The van der Waals surface area contributed by atoms with Gasteiger partial charge in [-0.25, -0.2) is 4.79 Å². The predicted molar refractivity (Wildman–Crippen MR) is 78.4 cm³/mol. The molecule has 1 aliphatic heterocycles. The number of aliphatic hydroxyl groups excluding tert-OH is 1. The van der Waals surface area contributed by atoms with Gasteiger partial charge in [-0.05, 0) is 18.9 Å². The molecule has 1 fully saturated rings. The maximum absolute atomic E-state index is 12.1. The molecule has 1 aromatic heterocycles. The van der Waals surface area contributed by atoms with Gasteiger partial charge in [0.25, 0.3) is 5.56 Å². The Kier molecular flexibility index (Phi) is 4.41. The van der Waals surface area contributed by atoms with Crippen molar-refractivity contribution in [2.45, 2.75) is 45.1 Å². The van der Waals surface area contributed by atoms with Gasteiger partial charge >= 0.3 is 5.69 Å². The summed E-state index contributed by atoms with van der Waals surface area (Å²) in [4.78, 5) is 28.6. The Labute approximate surface area is 126 Å². The van der Waals surface area contributed by atoms with Gasteiger partial charge in [-0.15, -0.1) is 0 Å². The standard InChI is InChI=1S/C13H19N5O4/c1-4-13(6-19)8(3)9(16-17-14)11(22-13)18-5-7(2)10(20)15-12(18)21/h5,8-9,11,19H,4,6H2,1-3H3,(H,15,20,21)/t8?,9-,11+,13-/m0/s1. The highest BCUT2D eigenvalue weighted by molar-refractivity contribution is 5.06.